The quantitative estimate of drug-likeness (QED) is 0.660. The van der Waals surface area contributed by atoms with Crippen molar-refractivity contribution in [2.75, 3.05) is 0 Å². The van der Waals surface area contributed by atoms with Gasteiger partial charge in [-0.15, -0.1) is 0 Å². The average Bonchev–Trinajstić information content (AvgIpc) is 2.16. The molecule has 0 aliphatic carbocycles. The minimum absolute atomic E-state index is 0.0572. The maximum atomic E-state index is 11.3. The van der Waals surface area contributed by atoms with Crippen LogP contribution in [-0.4, -0.2) is 10.8 Å². The first kappa shape index (κ1) is 9.65. The van der Waals surface area contributed by atoms with Crippen molar-refractivity contribution in [3.8, 4) is 0 Å². The lowest BCUT2D eigenvalue weighted by Crippen LogP contribution is -2.02. The van der Waals surface area contributed by atoms with Gasteiger partial charge in [0, 0.05) is 18.2 Å². The first-order valence-electron chi connectivity index (χ1n) is 4.31. The normalized spacial score (nSPS) is 9.69. The Balaban J connectivity index is 3.02. The summed E-state index contributed by atoms with van der Waals surface area (Å²) in [4.78, 5) is 15.5. The zero-order chi connectivity index (χ0) is 9.84. The Hall–Kier alpha value is -1.44. The van der Waals surface area contributed by atoms with Crippen LogP contribution in [0.4, 0.5) is 0 Å². The van der Waals surface area contributed by atoms with Crippen molar-refractivity contribution in [1.82, 2.24) is 4.98 Å². The molecule has 0 aliphatic rings. The van der Waals surface area contributed by atoms with Crippen molar-refractivity contribution < 1.29 is 4.79 Å². The van der Waals surface area contributed by atoms with Crippen LogP contribution in [0.1, 0.15) is 24.6 Å². The Kier molecular flexibility index (Phi) is 2.96. The maximum Gasteiger partial charge on any atom is 0.164 e. The molecule has 0 fully saturated rings. The number of rotatable bonds is 3. The Labute approximate surface area is 78.3 Å². The highest BCUT2D eigenvalue weighted by molar-refractivity contribution is 6.19. The molecule has 0 aliphatic heterocycles. The topological polar surface area (TPSA) is 30.0 Å². The van der Waals surface area contributed by atoms with E-state index < -0.39 is 0 Å². The van der Waals surface area contributed by atoms with Gasteiger partial charge in [0.2, 0.25) is 0 Å². The maximum absolute atomic E-state index is 11.3. The third kappa shape index (κ3) is 2.02. The number of aromatic nitrogens is 1. The van der Waals surface area contributed by atoms with Crippen molar-refractivity contribution in [1.29, 1.82) is 0 Å². The van der Waals surface area contributed by atoms with Crippen LogP contribution in [0.5, 0.6) is 0 Å². The Bertz CT molecular complexity index is 342. The highest BCUT2D eigenvalue weighted by atomic mass is 16.1. The summed E-state index contributed by atoms with van der Waals surface area (Å²) >= 11 is 0. The zero-order valence-corrected chi connectivity index (χ0v) is 8.00. The van der Waals surface area contributed by atoms with E-state index in [2.05, 4.69) is 11.6 Å². The van der Waals surface area contributed by atoms with E-state index in [-0.39, 0.29) is 5.78 Å². The van der Waals surface area contributed by atoms with Gasteiger partial charge in [-0.1, -0.05) is 19.6 Å². The molecule has 0 unspecified atom stereocenters. The highest BCUT2D eigenvalue weighted by Gasteiger charge is 2.09. The van der Waals surface area contributed by atoms with Gasteiger partial charge in [-0.2, -0.15) is 0 Å². The second kappa shape index (κ2) is 3.99. The van der Waals surface area contributed by atoms with E-state index in [1.165, 1.54) is 0 Å². The molecule has 2 nitrogen and oxygen atoms in total. The number of hydrogen-bond donors (Lipinski definition) is 0. The van der Waals surface area contributed by atoms with E-state index in [1.807, 2.05) is 26.0 Å². The van der Waals surface area contributed by atoms with Gasteiger partial charge >= 0.3 is 0 Å². The summed E-state index contributed by atoms with van der Waals surface area (Å²) in [7, 11) is 0. The number of aryl methyl sites for hydroxylation is 1. The summed E-state index contributed by atoms with van der Waals surface area (Å²) in [6.45, 7) is 7.50. The van der Waals surface area contributed by atoms with Crippen molar-refractivity contribution in [2.24, 2.45) is 0 Å². The first-order chi connectivity index (χ1) is 6.16. The molecular formula is C11H13NO. The van der Waals surface area contributed by atoms with Crippen molar-refractivity contribution in [2.45, 2.75) is 20.3 Å². The lowest BCUT2D eigenvalue weighted by molar-refractivity contribution is -0.113. The third-order valence-electron chi connectivity index (χ3n) is 1.95. The summed E-state index contributed by atoms with van der Waals surface area (Å²) in [6.07, 6.45) is 2.16. The van der Waals surface area contributed by atoms with Gasteiger partial charge in [-0.05, 0) is 18.6 Å². The SMILES string of the molecule is C=C(C(=O)CC)c1ncccc1C. The number of nitrogens with zero attached hydrogens (tertiary/aromatic N) is 1. The van der Waals surface area contributed by atoms with Crippen LogP contribution in [-0.2, 0) is 4.79 Å². The molecule has 0 aromatic carbocycles. The summed E-state index contributed by atoms with van der Waals surface area (Å²) in [5.74, 6) is 0.0572. The van der Waals surface area contributed by atoms with Gasteiger partial charge in [0.15, 0.2) is 5.78 Å². The predicted octanol–water partition coefficient (Wildman–Crippen LogP) is 2.38. The zero-order valence-electron chi connectivity index (χ0n) is 8.00. The largest absolute Gasteiger partial charge is 0.294 e. The van der Waals surface area contributed by atoms with Crippen LogP contribution < -0.4 is 0 Å². The Morgan fingerprint density at radius 1 is 1.62 bits per heavy atom. The van der Waals surface area contributed by atoms with E-state index in [0.717, 1.165) is 5.56 Å². The van der Waals surface area contributed by atoms with Crippen molar-refractivity contribution in [3.05, 3.63) is 36.2 Å². The minimum Gasteiger partial charge on any atom is -0.294 e. The van der Waals surface area contributed by atoms with E-state index in [9.17, 15) is 4.79 Å². The standard InChI is InChI=1S/C11H13NO/c1-4-10(13)9(3)11-8(2)6-5-7-12-11/h5-7H,3-4H2,1-2H3. The second-order valence-electron chi connectivity index (χ2n) is 2.92. The Morgan fingerprint density at radius 3 is 2.85 bits per heavy atom. The monoisotopic (exact) mass is 175 g/mol. The first-order valence-corrected chi connectivity index (χ1v) is 4.31. The van der Waals surface area contributed by atoms with E-state index in [4.69, 9.17) is 0 Å². The fraction of sp³-hybridized carbons (Fsp3) is 0.273. The molecule has 1 aromatic rings. The smallest absolute Gasteiger partial charge is 0.164 e. The fourth-order valence-electron chi connectivity index (χ4n) is 1.15. The van der Waals surface area contributed by atoms with Crippen molar-refractivity contribution >= 4 is 11.4 Å². The third-order valence-corrected chi connectivity index (χ3v) is 1.95. The summed E-state index contributed by atoms with van der Waals surface area (Å²) < 4.78 is 0. The molecule has 0 radical (unpaired) electrons. The highest BCUT2D eigenvalue weighted by Crippen LogP contribution is 2.15. The number of carbonyl (C=O) groups is 1. The van der Waals surface area contributed by atoms with Gasteiger partial charge < -0.3 is 0 Å². The number of Topliss-reactive ketones (excluding diaryl/α,β-unsaturated/α-hetero) is 1. The van der Waals surface area contributed by atoms with E-state index in [1.54, 1.807) is 6.20 Å². The van der Waals surface area contributed by atoms with Crippen LogP contribution in [0, 0.1) is 6.92 Å². The Morgan fingerprint density at radius 2 is 2.31 bits per heavy atom. The van der Waals surface area contributed by atoms with Crippen LogP contribution in [0.25, 0.3) is 5.57 Å². The molecule has 0 saturated heterocycles. The number of hydrogen-bond acceptors (Lipinski definition) is 2. The molecule has 0 saturated carbocycles. The van der Waals surface area contributed by atoms with Crippen LogP contribution in [0.15, 0.2) is 24.9 Å². The molecule has 1 rings (SSSR count). The molecule has 68 valence electrons. The number of ketones is 1. The predicted molar refractivity (Wildman–Crippen MR) is 53.3 cm³/mol. The average molecular weight is 175 g/mol. The fourth-order valence-corrected chi connectivity index (χ4v) is 1.15. The molecular weight excluding hydrogens is 162 g/mol. The summed E-state index contributed by atoms with van der Waals surface area (Å²) in [5.41, 5.74) is 2.23. The number of allylic oxidation sites excluding steroid dienone is 1. The molecule has 0 N–H and O–H groups in total. The molecule has 0 amide bonds. The number of pyridine rings is 1. The van der Waals surface area contributed by atoms with Gasteiger partial charge in [-0.25, -0.2) is 0 Å². The molecule has 2 heteroatoms. The molecule has 0 spiro atoms. The van der Waals surface area contributed by atoms with Gasteiger partial charge in [0.1, 0.15) is 0 Å². The lowest BCUT2D eigenvalue weighted by Gasteiger charge is -2.04. The van der Waals surface area contributed by atoms with Gasteiger partial charge in [0.25, 0.3) is 0 Å². The van der Waals surface area contributed by atoms with Crippen LogP contribution in [0.3, 0.4) is 0 Å². The summed E-state index contributed by atoms with van der Waals surface area (Å²) in [5, 5.41) is 0. The molecule has 1 aromatic heterocycles. The van der Waals surface area contributed by atoms with E-state index >= 15 is 0 Å². The van der Waals surface area contributed by atoms with Gasteiger partial charge in [0.05, 0.1) is 5.69 Å². The summed E-state index contributed by atoms with van der Waals surface area (Å²) in [6, 6.07) is 3.78. The lowest BCUT2D eigenvalue weighted by atomic mass is 10.0. The van der Waals surface area contributed by atoms with Crippen molar-refractivity contribution in [3.63, 3.8) is 0 Å². The molecule has 0 bridgehead atoms. The minimum atomic E-state index is 0.0572. The van der Waals surface area contributed by atoms with Gasteiger partial charge in [-0.3, -0.25) is 9.78 Å². The molecule has 13 heavy (non-hydrogen) atoms. The van der Waals surface area contributed by atoms with Crippen LogP contribution >= 0.6 is 0 Å². The molecule has 1 heterocycles. The number of carbonyl (C=O) groups excluding carboxylic acids is 1. The van der Waals surface area contributed by atoms with E-state index in [0.29, 0.717) is 17.7 Å². The molecule has 0 atom stereocenters. The van der Waals surface area contributed by atoms with Crippen LogP contribution in [0.2, 0.25) is 0 Å². The second-order valence-corrected chi connectivity index (χ2v) is 2.92.